The van der Waals surface area contributed by atoms with Gasteiger partial charge in [0.25, 0.3) is 5.56 Å². The lowest BCUT2D eigenvalue weighted by atomic mass is 10.2. The van der Waals surface area contributed by atoms with E-state index in [-0.39, 0.29) is 6.54 Å². The summed E-state index contributed by atoms with van der Waals surface area (Å²) >= 11 is 0. The van der Waals surface area contributed by atoms with Crippen molar-refractivity contribution < 1.29 is 17.9 Å². The Bertz CT molecular complexity index is 472. The van der Waals surface area contributed by atoms with Crippen LogP contribution >= 0.6 is 0 Å². The third kappa shape index (κ3) is 6.77. The molecule has 0 saturated heterocycles. The highest BCUT2D eigenvalue weighted by Crippen LogP contribution is 2.27. The van der Waals surface area contributed by atoms with Crippen LogP contribution in [0.3, 0.4) is 0 Å². The van der Waals surface area contributed by atoms with Gasteiger partial charge in [-0.15, -0.1) is 0 Å². The largest absolute Gasteiger partial charge is 0.417 e. The highest BCUT2D eigenvalue weighted by atomic mass is 19.4. The molecule has 4 nitrogen and oxygen atoms in total. The number of alkyl halides is 3. The van der Waals surface area contributed by atoms with Crippen LogP contribution in [0, 0.1) is 0 Å². The monoisotopic (exact) mass is 306 g/mol. The minimum absolute atomic E-state index is 0.216. The van der Waals surface area contributed by atoms with Crippen molar-refractivity contribution in [3.05, 3.63) is 34.2 Å². The number of pyridine rings is 1. The number of ether oxygens (including phenoxy) is 1. The van der Waals surface area contributed by atoms with E-state index in [1.165, 1.54) is 0 Å². The van der Waals surface area contributed by atoms with Gasteiger partial charge in [0.05, 0.1) is 5.56 Å². The number of hydrogen-bond donors (Lipinski definition) is 1. The van der Waals surface area contributed by atoms with Crippen LogP contribution in [0.2, 0.25) is 0 Å². The van der Waals surface area contributed by atoms with Gasteiger partial charge >= 0.3 is 6.18 Å². The second-order valence-corrected chi connectivity index (χ2v) is 4.60. The molecule has 0 bridgehead atoms. The third-order valence-corrected chi connectivity index (χ3v) is 2.94. The Morgan fingerprint density at radius 3 is 2.67 bits per heavy atom. The predicted octanol–water partition coefficient (Wildman–Crippen LogP) is 2.27. The molecule has 0 aliphatic rings. The molecule has 1 heterocycles. The van der Waals surface area contributed by atoms with Gasteiger partial charge in [0.1, 0.15) is 0 Å². The molecule has 0 fully saturated rings. The minimum atomic E-state index is -4.43. The first kappa shape index (κ1) is 17.7. The van der Waals surface area contributed by atoms with E-state index in [1.54, 1.807) is 0 Å². The fraction of sp³-hybridized carbons (Fsp3) is 0.643. The van der Waals surface area contributed by atoms with Crippen molar-refractivity contribution in [3.63, 3.8) is 0 Å². The van der Waals surface area contributed by atoms with E-state index in [2.05, 4.69) is 5.32 Å². The molecule has 1 aromatic rings. The van der Waals surface area contributed by atoms with Crippen LogP contribution in [0.5, 0.6) is 0 Å². The maximum Gasteiger partial charge on any atom is 0.417 e. The summed E-state index contributed by atoms with van der Waals surface area (Å²) in [5, 5.41) is 3.10. The van der Waals surface area contributed by atoms with Crippen LogP contribution in [0.15, 0.2) is 23.1 Å². The van der Waals surface area contributed by atoms with Gasteiger partial charge in [0.15, 0.2) is 0 Å². The molecule has 0 atom stereocenters. The molecule has 0 unspecified atom stereocenters. The molecule has 1 rings (SSSR count). The summed E-state index contributed by atoms with van der Waals surface area (Å²) in [5.41, 5.74) is -1.24. The van der Waals surface area contributed by atoms with E-state index < -0.39 is 17.3 Å². The van der Waals surface area contributed by atoms with E-state index in [0.717, 1.165) is 42.3 Å². The Kier molecular flexibility index (Phi) is 7.45. The van der Waals surface area contributed by atoms with Crippen LogP contribution in [-0.2, 0) is 17.5 Å². The van der Waals surface area contributed by atoms with Gasteiger partial charge in [-0.25, -0.2) is 0 Å². The Labute approximate surface area is 121 Å². The number of aromatic nitrogens is 1. The molecule has 0 saturated carbocycles. The summed E-state index contributed by atoms with van der Waals surface area (Å²) < 4.78 is 43.9. The molecule has 0 aliphatic heterocycles. The molecule has 120 valence electrons. The minimum Gasteiger partial charge on any atom is -0.382 e. The van der Waals surface area contributed by atoms with E-state index in [1.807, 2.05) is 6.92 Å². The lowest BCUT2D eigenvalue weighted by Crippen LogP contribution is -2.28. The molecule has 7 heteroatoms. The summed E-state index contributed by atoms with van der Waals surface area (Å²) in [6.45, 7) is 4.77. The molecular formula is C14H21F3N2O2. The van der Waals surface area contributed by atoms with Gasteiger partial charge in [-0.3, -0.25) is 4.79 Å². The molecule has 21 heavy (non-hydrogen) atoms. The average molecular weight is 306 g/mol. The molecular weight excluding hydrogens is 285 g/mol. The molecule has 0 amide bonds. The Morgan fingerprint density at radius 1 is 1.24 bits per heavy atom. The topological polar surface area (TPSA) is 43.3 Å². The standard InChI is InChI=1S/C14H21F3N2O2/c1-2-21-10-4-3-7-18-8-9-19-11-12(14(15,16)17)5-6-13(19)20/h5-6,11,18H,2-4,7-10H2,1H3. The first-order valence-electron chi connectivity index (χ1n) is 7.01. The summed E-state index contributed by atoms with van der Waals surface area (Å²) in [7, 11) is 0. The van der Waals surface area contributed by atoms with E-state index in [0.29, 0.717) is 19.8 Å². The maximum absolute atomic E-state index is 12.5. The summed E-state index contributed by atoms with van der Waals surface area (Å²) in [6.07, 6.45) is -1.71. The SMILES string of the molecule is CCOCCCCNCCn1cc(C(F)(F)F)ccc1=O. The fourth-order valence-electron chi connectivity index (χ4n) is 1.80. The predicted molar refractivity (Wildman–Crippen MR) is 74.3 cm³/mol. The van der Waals surface area contributed by atoms with Crippen molar-refractivity contribution in [1.82, 2.24) is 9.88 Å². The highest BCUT2D eigenvalue weighted by molar-refractivity contribution is 5.13. The number of unbranched alkanes of at least 4 members (excludes halogenated alkanes) is 1. The summed E-state index contributed by atoms with van der Waals surface area (Å²) in [5.74, 6) is 0. The first-order chi connectivity index (χ1) is 9.95. The van der Waals surface area contributed by atoms with E-state index in [4.69, 9.17) is 4.74 Å². The van der Waals surface area contributed by atoms with Crippen molar-refractivity contribution in [2.75, 3.05) is 26.3 Å². The molecule has 0 aromatic carbocycles. The molecule has 0 aliphatic carbocycles. The van der Waals surface area contributed by atoms with Crippen LogP contribution in [0.1, 0.15) is 25.3 Å². The van der Waals surface area contributed by atoms with Crippen molar-refractivity contribution in [1.29, 1.82) is 0 Å². The summed E-state index contributed by atoms with van der Waals surface area (Å²) in [4.78, 5) is 11.5. The third-order valence-electron chi connectivity index (χ3n) is 2.94. The van der Waals surface area contributed by atoms with Crippen LogP contribution in [-0.4, -0.2) is 30.9 Å². The normalized spacial score (nSPS) is 11.8. The van der Waals surface area contributed by atoms with Gasteiger partial charge in [0, 0.05) is 38.6 Å². The van der Waals surface area contributed by atoms with Crippen molar-refractivity contribution >= 4 is 0 Å². The van der Waals surface area contributed by atoms with Gasteiger partial charge in [-0.2, -0.15) is 13.2 Å². The average Bonchev–Trinajstić information content (AvgIpc) is 2.42. The Balaban J connectivity index is 2.33. The van der Waals surface area contributed by atoms with Gasteiger partial charge < -0.3 is 14.6 Å². The molecule has 1 aromatic heterocycles. The Morgan fingerprint density at radius 2 is 2.00 bits per heavy atom. The number of rotatable bonds is 9. The smallest absolute Gasteiger partial charge is 0.382 e. The Hall–Kier alpha value is -1.34. The number of nitrogens with zero attached hydrogens (tertiary/aromatic N) is 1. The zero-order chi connectivity index (χ0) is 15.7. The van der Waals surface area contributed by atoms with E-state index in [9.17, 15) is 18.0 Å². The molecule has 1 N–H and O–H groups in total. The molecule has 0 spiro atoms. The highest BCUT2D eigenvalue weighted by Gasteiger charge is 2.30. The van der Waals surface area contributed by atoms with Crippen LogP contribution in [0.4, 0.5) is 13.2 Å². The lowest BCUT2D eigenvalue weighted by Gasteiger charge is -2.11. The number of halogens is 3. The van der Waals surface area contributed by atoms with Crippen molar-refractivity contribution in [2.24, 2.45) is 0 Å². The van der Waals surface area contributed by atoms with Gasteiger partial charge in [-0.1, -0.05) is 0 Å². The zero-order valence-electron chi connectivity index (χ0n) is 12.1. The van der Waals surface area contributed by atoms with Crippen molar-refractivity contribution in [3.8, 4) is 0 Å². The van der Waals surface area contributed by atoms with Gasteiger partial charge in [-0.05, 0) is 32.4 Å². The van der Waals surface area contributed by atoms with E-state index >= 15 is 0 Å². The van der Waals surface area contributed by atoms with Crippen molar-refractivity contribution in [2.45, 2.75) is 32.5 Å². The van der Waals surface area contributed by atoms with Crippen LogP contribution < -0.4 is 10.9 Å². The lowest BCUT2D eigenvalue weighted by molar-refractivity contribution is -0.138. The molecule has 0 radical (unpaired) electrons. The second-order valence-electron chi connectivity index (χ2n) is 4.60. The van der Waals surface area contributed by atoms with Crippen LogP contribution in [0.25, 0.3) is 0 Å². The fourth-order valence-corrected chi connectivity index (χ4v) is 1.80. The summed E-state index contributed by atoms with van der Waals surface area (Å²) in [6, 6.07) is 1.75. The zero-order valence-corrected chi connectivity index (χ0v) is 12.1. The number of nitrogens with one attached hydrogen (secondary N) is 1. The quantitative estimate of drug-likeness (QED) is 0.712. The first-order valence-corrected chi connectivity index (χ1v) is 7.01. The second kappa shape index (κ2) is 8.84. The van der Waals surface area contributed by atoms with Gasteiger partial charge in [0.2, 0.25) is 0 Å². The maximum atomic E-state index is 12.5. The number of hydrogen-bond acceptors (Lipinski definition) is 3.